The van der Waals surface area contributed by atoms with E-state index in [-0.39, 0.29) is 178 Å². The quantitative estimate of drug-likeness (QED) is 0.0235. The highest BCUT2D eigenvalue weighted by Gasteiger charge is 2.51. The summed E-state index contributed by atoms with van der Waals surface area (Å²) < 4.78 is 135. The summed E-state index contributed by atoms with van der Waals surface area (Å²) in [5, 5.41) is 107. The second-order valence-corrected chi connectivity index (χ2v) is 40.8. The number of carbonyl (C=O) groups excluding carboxylic acids is 8. The van der Waals surface area contributed by atoms with Crippen LogP contribution in [0.2, 0.25) is 0 Å². The average Bonchev–Trinajstić information content (AvgIpc) is 1.24. The van der Waals surface area contributed by atoms with E-state index in [1.54, 1.807) is 34.6 Å². The number of aliphatic hydroxyl groups is 10. The zero-order valence-corrected chi connectivity index (χ0v) is 82.4. The SMILES string of the molecule is C=P(O)(OC)OC[C@H]1O[C@@H](C)[C@H](OCCOC)[C@@H]1OP(=O)(O)OC[C@H]1O[C@@H](C)C[C@@H]1OP(=O)(O)OC[C@@H]1C[C@@H](O)CN1C(=O)CC(=O)NC(COCCC(=O)CCCCCC(=O)CCCCO[C@@H]1OC(CO)[C@H](O)[C@H](O)C1C)(COCCC(=O)CCCCCC(=O)CCCCO[C@@H]1OC(CO)[C@H](O)[C@H](O)C1C)COCCC(=O)NCCCCC(=O)CCCCO[C@@H]1OC(CO)[C@H](O)[C@H](O)C1C. The molecule has 136 heavy (non-hydrogen) atoms. The van der Waals surface area contributed by atoms with Crippen LogP contribution in [0.1, 0.15) is 214 Å². The van der Waals surface area contributed by atoms with Crippen molar-refractivity contribution in [2.75, 3.05) is 140 Å². The molecule has 6 heterocycles. The number of Topliss-reactive ketones (excluding diaryl/α,β-unsaturated/α-hetero) is 5. The van der Waals surface area contributed by atoms with Crippen LogP contribution >= 0.6 is 23.2 Å². The first-order valence-electron chi connectivity index (χ1n) is 47.7. The highest BCUT2D eigenvalue weighted by molar-refractivity contribution is 7.58. The Hall–Kier alpha value is -3.76. The normalized spacial score (nSPS) is 30.5. The number of aliphatic hydroxyl groups excluding tert-OH is 10. The summed E-state index contributed by atoms with van der Waals surface area (Å²) in [5.41, 5.74) is -1.74. The van der Waals surface area contributed by atoms with Crippen molar-refractivity contribution in [3.8, 4) is 0 Å². The first-order valence-corrected chi connectivity index (χ1v) is 52.4. The number of β-amino-alcohol motifs (C(OH)–C–C–N with tert-alkyl or cyclic N) is 1. The van der Waals surface area contributed by atoms with Gasteiger partial charge in [-0.25, -0.2) is 9.13 Å². The fourth-order valence-electron chi connectivity index (χ4n) is 16.5. The third-order valence-electron chi connectivity index (χ3n) is 24.7. The Kier molecular flexibility index (Phi) is 56.5. The van der Waals surface area contributed by atoms with E-state index in [4.69, 9.17) is 88.7 Å². The fourth-order valence-corrected chi connectivity index (χ4v) is 18.9. The lowest BCUT2D eigenvalue weighted by molar-refractivity contribution is -0.282. The van der Waals surface area contributed by atoms with Gasteiger partial charge in [-0.05, 0) is 104 Å². The van der Waals surface area contributed by atoms with E-state index in [9.17, 15) is 113 Å². The molecule has 0 bridgehead atoms. The number of phosphoric ester groups is 2. The predicted octanol–water partition coefficient (Wildman–Crippen LogP) is 2.08. The molecule has 0 saturated carbocycles. The summed E-state index contributed by atoms with van der Waals surface area (Å²) in [6.45, 7) is 3.44. The molecule has 0 aromatic carbocycles. The molecule has 6 rings (SSSR count). The van der Waals surface area contributed by atoms with Crippen molar-refractivity contribution in [2.45, 2.75) is 349 Å². The number of phosphoric acid groups is 2. The van der Waals surface area contributed by atoms with Crippen molar-refractivity contribution < 1.29 is 202 Å². The topological polar surface area (TPSA) is 636 Å². The van der Waals surface area contributed by atoms with Crippen LogP contribution in [-0.2, 0) is 136 Å². The van der Waals surface area contributed by atoms with Crippen LogP contribution in [0, 0.1) is 17.8 Å². The lowest BCUT2D eigenvalue weighted by Gasteiger charge is -2.40. The Bertz CT molecular complexity index is 3440. The average molecular weight is 2020 g/mol. The molecule has 0 aromatic heterocycles. The number of ketones is 5. The lowest BCUT2D eigenvalue weighted by Crippen LogP contribution is -2.59. The molecule has 0 aliphatic carbocycles. The van der Waals surface area contributed by atoms with Crippen molar-refractivity contribution >= 4 is 76.1 Å². The zero-order valence-electron chi connectivity index (χ0n) is 79.7. The molecule has 6 saturated heterocycles. The Morgan fingerprint density at radius 3 is 1.28 bits per heavy atom. The second kappa shape index (κ2) is 63.5. The third-order valence-corrected chi connectivity index (χ3v) is 27.8. The fraction of sp³-hybridized carbons (Fsp3) is 0.898. The minimum absolute atomic E-state index is 0.000892. The van der Waals surface area contributed by atoms with E-state index in [0.29, 0.717) is 89.9 Å². The van der Waals surface area contributed by atoms with Crippen LogP contribution in [0.25, 0.3) is 0 Å². The van der Waals surface area contributed by atoms with Crippen molar-refractivity contribution in [3.63, 3.8) is 0 Å². The molecule has 48 heteroatoms. The minimum Gasteiger partial charge on any atom is -0.394 e. The summed E-state index contributed by atoms with van der Waals surface area (Å²) in [6, 6.07) is -1.14. The van der Waals surface area contributed by atoms with Gasteiger partial charge in [-0.1, -0.05) is 33.6 Å². The molecule has 45 nitrogen and oxygen atoms in total. The third kappa shape index (κ3) is 43.7. The summed E-state index contributed by atoms with van der Waals surface area (Å²) in [4.78, 5) is 141. The number of nitrogens with one attached hydrogen (secondary N) is 2. The number of hydrogen-bond donors (Lipinski definition) is 15. The Labute approximate surface area is 796 Å². The van der Waals surface area contributed by atoms with Crippen molar-refractivity contribution in [1.82, 2.24) is 15.5 Å². The monoisotopic (exact) mass is 2020 g/mol. The summed E-state index contributed by atoms with van der Waals surface area (Å²) in [6.07, 6.45) is -10.6. The lowest BCUT2D eigenvalue weighted by atomic mass is 9.92. The van der Waals surface area contributed by atoms with Gasteiger partial charge in [0.1, 0.15) is 108 Å². The smallest absolute Gasteiger partial charge is 0.394 e. The maximum Gasteiger partial charge on any atom is 0.472 e. The highest BCUT2D eigenvalue weighted by atomic mass is 31.2. The van der Waals surface area contributed by atoms with E-state index in [0.717, 1.165) is 4.90 Å². The molecular formula is C88H156N3O42P3. The van der Waals surface area contributed by atoms with Gasteiger partial charge >= 0.3 is 15.6 Å². The Balaban J connectivity index is 1.07. The number of carbonyl (C=O) groups is 8. The second-order valence-electron chi connectivity index (χ2n) is 36.1. The summed E-state index contributed by atoms with van der Waals surface area (Å²) in [7, 11) is -11.2. The Morgan fingerprint density at radius 1 is 0.426 bits per heavy atom. The number of likely N-dealkylation sites (tertiary alicyclic amines) is 1. The maximum absolute atomic E-state index is 14.6. The number of unbranched alkanes of at least 4 members (excludes halogenated alkanes) is 8. The van der Waals surface area contributed by atoms with E-state index in [2.05, 4.69) is 16.9 Å². The van der Waals surface area contributed by atoms with Gasteiger partial charge in [-0.3, -0.25) is 56.5 Å². The molecule has 0 radical (unpaired) electrons. The van der Waals surface area contributed by atoms with Crippen molar-refractivity contribution in [1.29, 1.82) is 0 Å². The van der Waals surface area contributed by atoms with Crippen LogP contribution in [-0.4, -0.2) is 397 Å². The molecule has 3 amide bonds. The van der Waals surface area contributed by atoms with Crippen LogP contribution < -0.4 is 10.6 Å². The highest BCUT2D eigenvalue weighted by Crippen LogP contribution is 2.52. The van der Waals surface area contributed by atoms with Crippen LogP contribution in [0.3, 0.4) is 0 Å². The minimum atomic E-state index is -5.16. The van der Waals surface area contributed by atoms with Gasteiger partial charge in [0.2, 0.25) is 25.3 Å². The molecule has 27 atom stereocenters. The van der Waals surface area contributed by atoms with Gasteiger partial charge in [0, 0.05) is 142 Å². The van der Waals surface area contributed by atoms with Crippen molar-refractivity contribution in [2.24, 2.45) is 17.8 Å². The van der Waals surface area contributed by atoms with Gasteiger partial charge in [0.05, 0.1) is 135 Å². The molecule has 15 N–H and O–H groups in total. The number of methoxy groups -OCH3 is 1. The number of rotatable bonds is 74. The van der Waals surface area contributed by atoms with Gasteiger partial charge in [-0.2, -0.15) is 0 Å². The molecule has 9 unspecified atom stereocenters. The van der Waals surface area contributed by atoms with Crippen LogP contribution in [0.15, 0.2) is 0 Å². The van der Waals surface area contributed by atoms with Gasteiger partial charge in [0.25, 0.3) is 0 Å². The van der Waals surface area contributed by atoms with Crippen LogP contribution in [0.5, 0.6) is 0 Å². The first kappa shape index (κ1) is 121. The molecule has 6 aliphatic heterocycles. The predicted molar refractivity (Wildman–Crippen MR) is 482 cm³/mol. The summed E-state index contributed by atoms with van der Waals surface area (Å²) >= 11 is 0. The molecule has 6 fully saturated rings. The van der Waals surface area contributed by atoms with E-state index < -0.39 is 259 Å². The molecule has 790 valence electrons. The van der Waals surface area contributed by atoms with Gasteiger partial charge in [0.15, 0.2) is 18.9 Å². The zero-order chi connectivity index (χ0) is 100. The molecule has 0 spiro atoms. The molecule has 6 aliphatic rings. The molecule has 0 aromatic rings. The van der Waals surface area contributed by atoms with Crippen molar-refractivity contribution in [3.05, 3.63) is 0 Å². The standard InChI is InChI=1S/C88H156N3O42P3/c1-56-43-68(72(127-56)51-126-136(113,114)133-84-73(52-124-134(8,110)116-7)128-60(5)83(84)120-42-41-115-6)132-135(111,112)125-50-61-44-67(100)46-91(61)76(103)45-75(102)90-88(53-117-38-31-65(98)25-13-9-11-23-62(95)28-16-20-35-121-85-57(2)77(104)80(107)69(47-92)129-85,54-118-39-32-66(99)26-14-10-12-24-63(96)29-17-21-36-122-86-58(3)78(105)81(108)70(48-93)130-86)55-119-40-33-74(101)89-34-19-15-27-64(97)30-18-22-37-123-87-59(4)79(106)82(109)71(49-94)131-87/h56-61,67-73,77-87,92-94,100,104-110H,8-55H2,1-7H3,(H,89,101)(H,90,102)(H,111,112)(H,113,114)/t56-,57?,58?,59?,60-,61-,67+,68-,69?,70?,71?,72+,73+,77+,78+,79+,80-,81-,82-,83-,84+,85+,86+,87+,88?,134?/m0/s1. The number of amides is 3. The largest absolute Gasteiger partial charge is 0.472 e. The van der Waals surface area contributed by atoms with E-state index in [1.807, 2.05) is 0 Å². The number of nitrogens with zero attached hydrogens (tertiary/aromatic N) is 1. The summed E-state index contributed by atoms with van der Waals surface area (Å²) in [5.74, 6) is -4.28. The number of ether oxygens (including phenoxy) is 13. The van der Waals surface area contributed by atoms with E-state index in [1.165, 1.54) is 14.2 Å². The van der Waals surface area contributed by atoms with Crippen LogP contribution in [0.4, 0.5) is 0 Å². The number of hydrogen-bond acceptors (Lipinski definition) is 40. The maximum atomic E-state index is 14.6. The van der Waals surface area contributed by atoms with Gasteiger partial charge < -0.3 is 152 Å². The van der Waals surface area contributed by atoms with Gasteiger partial charge in [-0.15, -0.1) is 0 Å². The first-order chi connectivity index (χ1) is 64.7. The Morgan fingerprint density at radius 2 is 0.838 bits per heavy atom. The van der Waals surface area contributed by atoms with E-state index >= 15 is 0 Å². The molecular weight excluding hydrogens is 1860 g/mol.